The lowest BCUT2D eigenvalue weighted by Gasteiger charge is -2.27. The molecule has 0 N–H and O–H groups in total. The molecule has 0 bridgehead atoms. The van der Waals surface area contributed by atoms with Gasteiger partial charge in [0.05, 0.1) is 24.7 Å². The maximum absolute atomic E-state index is 12.6. The van der Waals surface area contributed by atoms with E-state index in [0.717, 1.165) is 31.5 Å². The molecule has 5 nitrogen and oxygen atoms in total. The normalized spacial score (nSPS) is 18.0. The highest BCUT2D eigenvalue weighted by Crippen LogP contribution is 2.26. The molecule has 24 heavy (non-hydrogen) atoms. The summed E-state index contributed by atoms with van der Waals surface area (Å²) in [5.41, 5.74) is 2.29. The van der Waals surface area contributed by atoms with Crippen molar-refractivity contribution in [3.05, 3.63) is 29.8 Å². The van der Waals surface area contributed by atoms with Crippen molar-refractivity contribution in [3.63, 3.8) is 0 Å². The number of fused-ring (bicyclic) bond motifs is 1. The molecule has 1 aromatic rings. The summed E-state index contributed by atoms with van der Waals surface area (Å²) in [4.78, 5) is 28.5. The Balaban J connectivity index is 1.52. The number of carbonyl (C=O) groups excluding carboxylic acids is 2. The summed E-state index contributed by atoms with van der Waals surface area (Å²) >= 11 is 1.41. The molecule has 1 aromatic carbocycles. The van der Waals surface area contributed by atoms with E-state index in [4.69, 9.17) is 4.74 Å². The highest BCUT2D eigenvalue weighted by atomic mass is 32.2. The second kappa shape index (κ2) is 8.53. The SMILES string of the molecule is O=C(CSCC(=O)N1CCCCc2ccccc21)N1CCOCC1. The van der Waals surface area contributed by atoms with Crippen LogP contribution in [0.3, 0.4) is 0 Å². The van der Waals surface area contributed by atoms with Gasteiger partial charge >= 0.3 is 0 Å². The topological polar surface area (TPSA) is 49.9 Å². The summed E-state index contributed by atoms with van der Waals surface area (Å²) in [7, 11) is 0. The van der Waals surface area contributed by atoms with Crippen LogP contribution in [0.25, 0.3) is 0 Å². The van der Waals surface area contributed by atoms with Crippen LogP contribution in [-0.2, 0) is 20.7 Å². The summed E-state index contributed by atoms with van der Waals surface area (Å²) in [6, 6.07) is 8.15. The zero-order valence-electron chi connectivity index (χ0n) is 13.9. The Kier molecular flexibility index (Phi) is 6.15. The van der Waals surface area contributed by atoms with Gasteiger partial charge in [-0.05, 0) is 30.9 Å². The fourth-order valence-corrected chi connectivity index (χ4v) is 3.95. The van der Waals surface area contributed by atoms with Crippen molar-refractivity contribution < 1.29 is 14.3 Å². The molecule has 2 aliphatic rings. The van der Waals surface area contributed by atoms with Crippen molar-refractivity contribution >= 4 is 29.3 Å². The van der Waals surface area contributed by atoms with Crippen molar-refractivity contribution in [1.82, 2.24) is 4.90 Å². The molecule has 0 aromatic heterocycles. The molecule has 0 aliphatic carbocycles. The van der Waals surface area contributed by atoms with Gasteiger partial charge < -0.3 is 14.5 Å². The number of carbonyl (C=O) groups is 2. The van der Waals surface area contributed by atoms with Crippen LogP contribution in [0.15, 0.2) is 24.3 Å². The quantitative estimate of drug-likeness (QED) is 0.834. The Labute approximate surface area is 147 Å². The molecule has 0 saturated carbocycles. The van der Waals surface area contributed by atoms with E-state index in [1.807, 2.05) is 28.0 Å². The third-order valence-electron chi connectivity index (χ3n) is 4.48. The highest BCUT2D eigenvalue weighted by Gasteiger charge is 2.22. The molecule has 0 spiro atoms. The number of ether oxygens (including phenoxy) is 1. The van der Waals surface area contributed by atoms with Crippen LogP contribution >= 0.6 is 11.8 Å². The Morgan fingerprint density at radius 2 is 1.75 bits per heavy atom. The van der Waals surface area contributed by atoms with E-state index in [-0.39, 0.29) is 11.8 Å². The Hall–Kier alpha value is -1.53. The van der Waals surface area contributed by atoms with Gasteiger partial charge in [-0.25, -0.2) is 0 Å². The van der Waals surface area contributed by atoms with Gasteiger partial charge in [-0.15, -0.1) is 11.8 Å². The van der Waals surface area contributed by atoms with Crippen molar-refractivity contribution in [1.29, 1.82) is 0 Å². The largest absolute Gasteiger partial charge is 0.378 e. The van der Waals surface area contributed by atoms with Crippen molar-refractivity contribution in [2.24, 2.45) is 0 Å². The molecule has 6 heteroatoms. The molecule has 1 saturated heterocycles. The average Bonchev–Trinajstić information content (AvgIpc) is 2.85. The van der Waals surface area contributed by atoms with Crippen LogP contribution in [0, 0.1) is 0 Å². The van der Waals surface area contributed by atoms with Gasteiger partial charge in [-0.1, -0.05) is 18.2 Å². The maximum Gasteiger partial charge on any atom is 0.236 e. The third-order valence-corrected chi connectivity index (χ3v) is 5.38. The van der Waals surface area contributed by atoms with E-state index >= 15 is 0 Å². The average molecular weight is 348 g/mol. The van der Waals surface area contributed by atoms with Gasteiger partial charge in [-0.3, -0.25) is 9.59 Å². The zero-order chi connectivity index (χ0) is 16.8. The first-order valence-electron chi connectivity index (χ1n) is 8.57. The summed E-state index contributed by atoms with van der Waals surface area (Å²) in [6.07, 6.45) is 3.17. The lowest BCUT2D eigenvalue weighted by molar-refractivity contribution is -0.132. The summed E-state index contributed by atoms with van der Waals surface area (Å²) < 4.78 is 5.26. The first-order chi connectivity index (χ1) is 11.8. The lowest BCUT2D eigenvalue weighted by atomic mass is 10.1. The van der Waals surface area contributed by atoms with Crippen LogP contribution in [0.4, 0.5) is 5.69 Å². The fourth-order valence-electron chi connectivity index (χ4n) is 3.16. The van der Waals surface area contributed by atoms with E-state index in [1.165, 1.54) is 17.3 Å². The van der Waals surface area contributed by atoms with Crippen LogP contribution < -0.4 is 4.90 Å². The van der Waals surface area contributed by atoms with Gasteiger partial charge in [0.2, 0.25) is 11.8 Å². The molecular weight excluding hydrogens is 324 g/mol. The number of rotatable bonds is 4. The van der Waals surface area contributed by atoms with Gasteiger partial charge in [0, 0.05) is 25.3 Å². The van der Waals surface area contributed by atoms with Crippen LogP contribution in [0.1, 0.15) is 18.4 Å². The van der Waals surface area contributed by atoms with Crippen LogP contribution in [-0.4, -0.2) is 61.1 Å². The maximum atomic E-state index is 12.6. The predicted molar refractivity (Wildman–Crippen MR) is 96.5 cm³/mol. The van der Waals surface area contributed by atoms with E-state index in [1.54, 1.807) is 0 Å². The number of anilines is 1. The number of nitrogens with zero attached hydrogens (tertiary/aromatic N) is 2. The number of morpholine rings is 1. The first kappa shape index (κ1) is 17.3. The molecule has 0 unspecified atom stereocenters. The number of hydrogen-bond donors (Lipinski definition) is 0. The Bertz CT molecular complexity index is 587. The van der Waals surface area contributed by atoms with Crippen molar-refractivity contribution in [2.45, 2.75) is 19.3 Å². The van der Waals surface area contributed by atoms with E-state index < -0.39 is 0 Å². The Morgan fingerprint density at radius 1 is 1.00 bits per heavy atom. The van der Waals surface area contributed by atoms with E-state index in [9.17, 15) is 9.59 Å². The summed E-state index contributed by atoms with van der Waals surface area (Å²) in [5.74, 6) is 0.919. The number of benzene rings is 1. The summed E-state index contributed by atoms with van der Waals surface area (Å²) in [5, 5.41) is 0. The monoisotopic (exact) mass is 348 g/mol. The lowest BCUT2D eigenvalue weighted by Crippen LogP contribution is -2.42. The number of hydrogen-bond acceptors (Lipinski definition) is 4. The minimum Gasteiger partial charge on any atom is -0.378 e. The number of amides is 2. The first-order valence-corrected chi connectivity index (χ1v) is 9.73. The molecular formula is C18H24N2O3S. The number of para-hydroxylation sites is 1. The van der Waals surface area contributed by atoms with Crippen LogP contribution in [0.5, 0.6) is 0 Å². The predicted octanol–water partition coefficient (Wildman–Crippen LogP) is 1.95. The molecule has 2 amide bonds. The summed E-state index contributed by atoms with van der Waals surface area (Å²) in [6.45, 7) is 3.31. The molecule has 1 fully saturated rings. The smallest absolute Gasteiger partial charge is 0.236 e. The van der Waals surface area contributed by atoms with Gasteiger partial charge in [0.15, 0.2) is 0 Å². The van der Waals surface area contributed by atoms with Gasteiger partial charge in [0.1, 0.15) is 0 Å². The number of aryl methyl sites for hydroxylation is 1. The molecule has 2 heterocycles. The molecule has 130 valence electrons. The number of thioether (sulfide) groups is 1. The van der Waals surface area contributed by atoms with Crippen LogP contribution in [0.2, 0.25) is 0 Å². The molecule has 2 aliphatic heterocycles. The minimum atomic E-state index is 0.101. The standard InChI is InChI=1S/C18H24N2O3S/c21-17(19-9-11-23-12-10-19)13-24-14-18(22)20-8-4-3-6-15-5-1-2-7-16(15)20/h1-2,5,7H,3-4,6,8-14H2. The van der Waals surface area contributed by atoms with Gasteiger partial charge in [0.25, 0.3) is 0 Å². The van der Waals surface area contributed by atoms with E-state index in [0.29, 0.717) is 37.8 Å². The second-order valence-electron chi connectivity index (χ2n) is 6.12. The van der Waals surface area contributed by atoms with Gasteiger partial charge in [-0.2, -0.15) is 0 Å². The molecule has 3 rings (SSSR count). The van der Waals surface area contributed by atoms with Crippen molar-refractivity contribution in [3.8, 4) is 0 Å². The molecule has 0 radical (unpaired) electrons. The zero-order valence-corrected chi connectivity index (χ0v) is 14.7. The Morgan fingerprint density at radius 3 is 2.58 bits per heavy atom. The van der Waals surface area contributed by atoms with Crippen molar-refractivity contribution in [2.75, 3.05) is 49.3 Å². The highest BCUT2D eigenvalue weighted by molar-refractivity contribution is 8.00. The molecule has 0 atom stereocenters. The second-order valence-corrected chi connectivity index (χ2v) is 7.10. The van der Waals surface area contributed by atoms with E-state index in [2.05, 4.69) is 6.07 Å². The third kappa shape index (κ3) is 4.30. The minimum absolute atomic E-state index is 0.101. The fraction of sp³-hybridized carbons (Fsp3) is 0.556.